The lowest BCUT2D eigenvalue weighted by molar-refractivity contribution is -0.0253. The summed E-state index contributed by atoms with van der Waals surface area (Å²) >= 11 is 0. The van der Waals surface area contributed by atoms with E-state index in [-0.39, 0.29) is 36.0 Å². The number of amides is 1. The van der Waals surface area contributed by atoms with Gasteiger partial charge in [0.2, 0.25) is 5.95 Å². The molecule has 11 nitrogen and oxygen atoms in total. The lowest BCUT2D eigenvalue weighted by Gasteiger charge is -2.34. The van der Waals surface area contributed by atoms with Crippen LogP contribution in [0.1, 0.15) is 46.1 Å². The van der Waals surface area contributed by atoms with Crippen LogP contribution in [-0.4, -0.2) is 84.3 Å². The van der Waals surface area contributed by atoms with E-state index in [1.54, 1.807) is 4.90 Å². The molecule has 4 atom stereocenters. The normalized spacial score (nSPS) is 22.5. The second-order valence-corrected chi connectivity index (χ2v) is 12.3. The molecule has 11 heteroatoms. The molecule has 2 aliphatic heterocycles. The SMILES string of the molecule is CC(CC(C)(C)OCCc1cnc(NC2=CC=CC(OC3CCNC3)C=C2)nc1)N(C)c1cccc(N2C(=O)OCC2C)n1. The van der Waals surface area contributed by atoms with Crippen LogP contribution in [0.4, 0.5) is 22.4 Å². The molecular weight excluding hydrogens is 558 g/mol. The first-order chi connectivity index (χ1) is 21.2. The van der Waals surface area contributed by atoms with Crippen LogP contribution in [0.2, 0.25) is 0 Å². The number of carbonyl (C=O) groups excluding carboxylic acids is 1. The Morgan fingerprint density at radius 2 is 2.07 bits per heavy atom. The smallest absolute Gasteiger partial charge is 0.415 e. The van der Waals surface area contributed by atoms with Crippen LogP contribution < -0.4 is 20.4 Å². The summed E-state index contributed by atoms with van der Waals surface area (Å²) in [4.78, 5) is 29.7. The summed E-state index contributed by atoms with van der Waals surface area (Å²) in [6.45, 7) is 11.2. The fourth-order valence-electron chi connectivity index (χ4n) is 5.56. The van der Waals surface area contributed by atoms with Gasteiger partial charge in [-0.05, 0) is 89.4 Å². The second-order valence-electron chi connectivity index (χ2n) is 12.3. The van der Waals surface area contributed by atoms with Crippen molar-refractivity contribution in [3.8, 4) is 0 Å². The predicted octanol–water partition coefficient (Wildman–Crippen LogP) is 4.64. The molecule has 1 aliphatic carbocycles. The van der Waals surface area contributed by atoms with Crippen molar-refractivity contribution in [1.82, 2.24) is 20.3 Å². The quantitative estimate of drug-likeness (QED) is 0.336. The standard InChI is InChI=1S/C33H45N7O4/c1-23(39(5)29-10-7-11-30(38-29)40-24(2)22-42-32(40)41)18-33(3,4)43-17-15-25-19-35-31(36-20-25)37-26-8-6-9-27(13-12-26)44-28-14-16-34-21-28/h6-13,19-20,23-24,27-28,34H,14-18,21-22H2,1-5H3,(H,35,36,37). The van der Waals surface area contributed by atoms with Crippen LogP contribution in [0.25, 0.3) is 0 Å². The topological polar surface area (TPSA) is 114 Å². The van der Waals surface area contributed by atoms with Crippen molar-refractivity contribution >= 4 is 23.7 Å². The van der Waals surface area contributed by atoms with Gasteiger partial charge in [-0.3, -0.25) is 4.90 Å². The summed E-state index contributed by atoms with van der Waals surface area (Å²) in [5.41, 5.74) is 1.56. The summed E-state index contributed by atoms with van der Waals surface area (Å²) in [5, 5.41) is 6.61. The number of pyridine rings is 1. The van der Waals surface area contributed by atoms with Crippen molar-refractivity contribution in [3.05, 3.63) is 72.2 Å². The van der Waals surface area contributed by atoms with Crippen LogP contribution >= 0.6 is 0 Å². The number of allylic oxidation sites excluding steroid dienone is 3. The van der Waals surface area contributed by atoms with Gasteiger partial charge < -0.3 is 29.7 Å². The molecule has 5 rings (SSSR count). The molecule has 1 amide bonds. The van der Waals surface area contributed by atoms with Gasteiger partial charge in [-0.2, -0.15) is 0 Å². The first-order valence-electron chi connectivity index (χ1n) is 15.5. The Morgan fingerprint density at radius 3 is 2.80 bits per heavy atom. The molecule has 0 aromatic carbocycles. The van der Waals surface area contributed by atoms with Crippen LogP contribution in [0, 0.1) is 0 Å². The minimum absolute atomic E-state index is 0.0413. The maximum Gasteiger partial charge on any atom is 0.415 e. The van der Waals surface area contributed by atoms with Crippen molar-refractivity contribution in [2.45, 2.75) is 76.9 Å². The Balaban J connectivity index is 1.06. The molecule has 2 N–H and O–H groups in total. The summed E-state index contributed by atoms with van der Waals surface area (Å²) in [6.07, 6.45) is 16.2. The van der Waals surface area contributed by atoms with Gasteiger partial charge in [0.05, 0.1) is 30.5 Å². The molecule has 2 aromatic rings. The van der Waals surface area contributed by atoms with Gasteiger partial charge in [0.25, 0.3) is 0 Å². The number of rotatable bonds is 13. The molecule has 0 saturated carbocycles. The highest BCUT2D eigenvalue weighted by molar-refractivity contribution is 5.89. The highest BCUT2D eigenvalue weighted by Gasteiger charge is 2.32. The molecular formula is C33H45N7O4. The van der Waals surface area contributed by atoms with Gasteiger partial charge in [0.15, 0.2) is 0 Å². The highest BCUT2D eigenvalue weighted by Crippen LogP contribution is 2.26. The van der Waals surface area contributed by atoms with Crippen molar-refractivity contribution in [2.75, 3.05) is 48.5 Å². The summed E-state index contributed by atoms with van der Waals surface area (Å²) < 4.78 is 17.6. The third-order valence-corrected chi connectivity index (χ3v) is 8.11. The Hall–Kier alpha value is -3.80. The minimum Gasteiger partial charge on any atom is -0.447 e. The molecule has 0 spiro atoms. The van der Waals surface area contributed by atoms with E-state index in [0.717, 1.165) is 43.0 Å². The lowest BCUT2D eigenvalue weighted by Crippen LogP contribution is -2.38. The average Bonchev–Trinajstić information content (AvgIpc) is 3.57. The predicted molar refractivity (Wildman–Crippen MR) is 172 cm³/mol. The zero-order valence-electron chi connectivity index (χ0n) is 26.4. The van der Waals surface area contributed by atoms with Crippen molar-refractivity contribution in [2.24, 2.45) is 0 Å². The molecule has 4 heterocycles. The molecule has 4 unspecified atom stereocenters. The summed E-state index contributed by atoms with van der Waals surface area (Å²) in [7, 11) is 2.02. The second kappa shape index (κ2) is 14.3. The van der Waals surface area contributed by atoms with Gasteiger partial charge in [-0.25, -0.2) is 19.7 Å². The third-order valence-electron chi connectivity index (χ3n) is 8.11. The lowest BCUT2D eigenvalue weighted by atomic mass is 9.99. The number of hydrogen-bond acceptors (Lipinski definition) is 10. The van der Waals surface area contributed by atoms with Crippen LogP contribution in [0.5, 0.6) is 0 Å². The molecule has 236 valence electrons. The molecule has 3 aliphatic rings. The van der Waals surface area contributed by atoms with E-state index in [4.69, 9.17) is 19.2 Å². The number of anilines is 3. The number of nitrogens with one attached hydrogen (secondary N) is 2. The third kappa shape index (κ3) is 8.43. The Bertz CT molecular complexity index is 1350. The van der Waals surface area contributed by atoms with Gasteiger partial charge in [-0.15, -0.1) is 0 Å². The van der Waals surface area contributed by atoms with Crippen molar-refractivity contribution in [1.29, 1.82) is 0 Å². The molecule has 2 fully saturated rings. The average molecular weight is 604 g/mol. The van der Waals surface area contributed by atoms with Crippen molar-refractivity contribution in [3.63, 3.8) is 0 Å². The monoisotopic (exact) mass is 603 g/mol. The van der Waals surface area contributed by atoms with Gasteiger partial charge in [0.1, 0.15) is 18.2 Å². The van der Waals surface area contributed by atoms with E-state index in [1.165, 1.54) is 0 Å². The first-order valence-corrected chi connectivity index (χ1v) is 15.5. The van der Waals surface area contributed by atoms with Crippen LogP contribution in [0.15, 0.2) is 66.7 Å². The van der Waals surface area contributed by atoms with E-state index < -0.39 is 0 Å². The van der Waals surface area contributed by atoms with Gasteiger partial charge in [-0.1, -0.05) is 18.2 Å². The number of cyclic esters (lactones) is 1. The molecule has 2 aromatic heterocycles. The van der Waals surface area contributed by atoms with Gasteiger partial charge in [0, 0.05) is 37.7 Å². The Kier molecular flexibility index (Phi) is 10.3. The number of ether oxygens (including phenoxy) is 3. The molecule has 44 heavy (non-hydrogen) atoms. The van der Waals surface area contributed by atoms with E-state index in [2.05, 4.69) is 52.3 Å². The minimum atomic E-state index is -0.359. The first kappa shape index (κ1) is 31.6. The zero-order valence-corrected chi connectivity index (χ0v) is 26.4. The van der Waals surface area contributed by atoms with Crippen LogP contribution in [-0.2, 0) is 20.6 Å². The van der Waals surface area contributed by atoms with E-state index in [1.807, 2.05) is 68.9 Å². The number of hydrogen-bond donors (Lipinski definition) is 2. The fourth-order valence-corrected chi connectivity index (χ4v) is 5.56. The van der Waals surface area contributed by atoms with Crippen LogP contribution in [0.3, 0.4) is 0 Å². The Labute approximate surface area is 260 Å². The van der Waals surface area contributed by atoms with E-state index in [0.29, 0.717) is 31.4 Å². The molecule has 2 saturated heterocycles. The Morgan fingerprint density at radius 1 is 1.25 bits per heavy atom. The van der Waals surface area contributed by atoms with Crippen molar-refractivity contribution < 1.29 is 19.0 Å². The zero-order chi connectivity index (χ0) is 31.1. The number of nitrogens with zero attached hydrogens (tertiary/aromatic N) is 5. The maximum atomic E-state index is 12.2. The maximum absolute atomic E-state index is 12.2. The van der Waals surface area contributed by atoms with E-state index in [9.17, 15) is 4.79 Å². The summed E-state index contributed by atoms with van der Waals surface area (Å²) in [6, 6.07) is 5.82. The number of aromatic nitrogens is 3. The van der Waals surface area contributed by atoms with E-state index >= 15 is 0 Å². The molecule has 0 bridgehead atoms. The fraction of sp³-hybridized carbons (Fsp3) is 0.515. The largest absolute Gasteiger partial charge is 0.447 e. The summed E-state index contributed by atoms with van der Waals surface area (Å²) in [5.74, 6) is 1.94. The highest BCUT2D eigenvalue weighted by atomic mass is 16.6. The number of carbonyl (C=O) groups is 1. The van der Waals surface area contributed by atoms with Gasteiger partial charge >= 0.3 is 6.09 Å². The molecule has 0 radical (unpaired) electrons.